The van der Waals surface area contributed by atoms with Crippen LogP contribution in [0, 0.1) is 0 Å². The number of phenolic OH excluding ortho intramolecular Hbond substituents is 1. The van der Waals surface area contributed by atoms with E-state index in [0.717, 1.165) is 0 Å². The lowest BCUT2D eigenvalue weighted by Crippen LogP contribution is -2.22. The molecular weight excluding hydrogens is 244 g/mol. The molecule has 94 valence electrons. The van der Waals surface area contributed by atoms with E-state index in [4.69, 9.17) is 11.5 Å². The first-order chi connectivity index (χ1) is 8.99. The molecule has 0 heterocycles. The van der Waals surface area contributed by atoms with Gasteiger partial charge in [0.05, 0.1) is 5.56 Å². The summed E-state index contributed by atoms with van der Waals surface area (Å²) in [6, 6.07) is 7.03. The lowest BCUT2D eigenvalue weighted by Gasteiger charge is -2.19. The third kappa shape index (κ3) is 1.48. The number of phenols is 1. The molecule has 1 aliphatic rings. The van der Waals surface area contributed by atoms with Crippen molar-refractivity contribution in [2.45, 2.75) is 0 Å². The first kappa shape index (κ1) is 11.3. The number of carbonyl (C=O) groups is 2. The zero-order chi connectivity index (χ0) is 13.7. The Balaban J connectivity index is 2.36. The first-order valence-corrected chi connectivity index (χ1v) is 5.60. The van der Waals surface area contributed by atoms with E-state index >= 15 is 0 Å². The summed E-state index contributed by atoms with van der Waals surface area (Å²) >= 11 is 0. The van der Waals surface area contributed by atoms with Crippen molar-refractivity contribution in [3.05, 3.63) is 52.6 Å². The van der Waals surface area contributed by atoms with E-state index in [0.29, 0.717) is 5.69 Å². The Bertz CT molecular complexity index is 751. The molecule has 0 fully saturated rings. The fraction of sp³-hybridized carbons (Fsp3) is 0. The van der Waals surface area contributed by atoms with Crippen LogP contribution < -0.4 is 11.5 Å². The predicted molar refractivity (Wildman–Crippen MR) is 70.2 cm³/mol. The number of rotatable bonds is 0. The van der Waals surface area contributed by atoms with Crippen molar-refractivity contribution in [3.8, 4) is 5.75 Å². The molecule has 0 aliphatic heterocycles. The molecule has 3 rings (SSSR count). The maximum Gasteiger partial charge on any atom is 0.196 e. The largest absolute Gasteiger partial charge is 0.508 e. The predicted octanol–water partition coefficient (Wildman–Crippen LogP) is 1.33. The maximum absolute atomic E-state index is 12.4. The molecule has 0 aromatic heterocycles. The number of carbonyl (C=O) groups excluding carboxylic acids is 2. The van der Waals surface area contributed by atoms with Gasteiger partial charge in [0.15, 0.2) is 11.6 Å². The molecule has 2 aromatic carbocycles. The zero-order valence-corrected chi connectivity index (χ0v) is 9.81. The Morgan fingerprint density at radius 1 is 0.842 bits per heavy atom. The summed E-state index contributed by atoms with van der Waals surface area (Å²) < 4.78 is 0. The monoisotopic (exact) mass is 254 g/mol. The molecule has 0 bridgehead atoms. The van der Waals surface area contributed by atoms with Gasteiger partial charge in [-0.2, -0.15) is 0 Å². The van der Waals surface area contributed by atoms with E-state index in [1.54, 1.807) is 6.07 Å². The molecule has 0 saturated carbocycles. The van der Waals surface area contributed by atoms with E-state index in [1.165, 1.54) is 24.3 Å². The number of aromatic hydroxyl groups is 1. The van der Waals surface area contributed by atoms with Crippen molar-refractivity contribution in [3.63, 3.8) is 0 Å². The van der Waals surface area contributed by atoms with Gasteiger partial charge in [-0.25, -0.2) is 0 Å². The number of hydrogen-bond acceptors (Lipinski definition) is 5. The van der Waals surface area contributed by atoms with E-state index in [-0.39, 0.29) is 45.3 Å². The van der Waals surface area contributed by atoms with Crippen LogP contribution in [-0.2, 0) is 0 Å². The number of anilines is 2. The van der Waals surface area contributed by atoms with Gasteiger partial charge in [0.2, 0.25) is 0 Å². The summed E-state index contributed by atoms with van der Waals surface area (Å²) in [5.74, 6) is -0.835. The molecule has 1 aliphatic carbocycles. The van der Waals surface area contributed by atoms with Gasteiger partial charge in [-0.15, -0.1) is 0 Å². The standard InChI is InChI=1S/C14H10N2O3/c15-6-1-2-8-9(3-6)14(19)12-10(13(8)18)4-7(17)5-11(12)16/h1-5,17H,15-16H2. The zero-order valence-electron chi connectivity index (χ0n) is 9.81. The van der Waals surface area contributed by atoms with Gasteiger partial charge in [-0.05, 0) is 24.3 Å². The molecule has 0 atom stereocenters. The Kier molecular flexibility index (Phi) is 2.13. The smallest absolute Gasteiger partial charge is 0.196 e. The van der Waals surface area contributed by atoms with Crippen LogP contribution in [0.3, 0.4) is 0 Å². The van der Waals surface area contributed by atoms with Gasteiger partial charge in [0.25, 0.3) is 0 Å². The highest BCUT2D eigenvalue weighted by Gasteiger charge is 2.31. The second kappa shape index (κ2) is 3.58. The normalized spacial score (nSPS) is 13.1. The fourth-order valence-electron chi connectivity index (χ4n) is 2.31. The second-order valence-corrected chi connectivity index (χ2v) is 4.42. The fourth-order valence-corrected chi connectivity index (χ4v) is 2.31. The van der Waals surface area contributed by atoms with Gasteiger partial charge in [0.1, 0.15) is 5.75 Å². The number of fused-ring (bicyclic) bond motifs is 2. The van der Waals surface area contributed by atoms with Crippen LogP contribution in [0.5, 0.6) is 5.75 Å². The Morgan fingerprint density at radius 2 is 1.58 bits per heavy atom. The van der Waals surface area contributed by atoms with E-state index < -0.39 is 0 Å². The van der Waals surface area contributed by atoms with Crippen LogP contribution in [0.25, 0.3) is 0 Å². The Labute approximate surface area is 108 Å². The van der Waals surface area contributed by atoms with E-state index in [2.05, 4.69) is 0 Å². The van der Waals surface area contributed by atoms with Crippen LogP contribution in [0.1, 0.15) is 31.8 Å². The van der Waals surface area contributed by atoms with Crippen LogP contribution in [-0.4, -0.2) is 16.7 Å². The van der Waals surface area contributed by atoms with Crippen LogP contribution in [0.4, 0.5) is 11.4 Å². The number of benzene rings is 2. The summed E-state index contributed by atoms with van der Waals surface area (Å²) in [5, 5.41) is 9.50. The number of ketones is 2. The third-order valence-electron chi connectivity index (χ3n) is 3.16. The summed E-state index contributed by atoms with van der Waals surface area (Å²) in [4.78, 5) is 24.7. The van der Waals surface area contributed by atoms with Gasteiger partial charge in [-0.3, -0.25) is 9.59 Å². The van der Waals surface area contributed by atoms with Crippen molar-refractivity contribution in [2.75, 3.05) is 11.5 Å². The van der Waals surface area contributed by atoms with Crippen LogP contribution in [0.15, 0.2) is 30.3 Å². The van der Waals surface area contributed by atoms with E-state index in [9.17, 15) is 14.7 Å². The summed E-state index contributed by atoms with van der Waals surface area (Å²) in [6.45, 7) is 0. The minimum Gasteiger partial charge on any atom is -0.508 e. The Morgan fingerprint density at radius 3 is 2.32 bits per heavy atom. The molecule has 5 nitrogen and oxygen atoms in total. The summed E-state index contributed by atoms with van der Waals surface area (Å²) in [5.41, 5.74) is 12.6. The van der Waals surface area contributed by atoms with Gasteiger partial charge in [-0.1, -0.05) is 0 Å². The number of nitrogens with two attached hydrogens (primary N) is 2. The van der Waals surface area contributed by atoms with Crippen molar-refractivity contribution in [1.29, 1.82) is 0 Å². The maximum atomic E-state index is 12.4. The molecular formula is C14H10N2O3. The second-order valence-electron chi connectivity index (χ2n) is 4.42. The van der Waals surface area contributed by atoms with Crippen molar-refractivity contribution in [2.24, 2.45) is 0 Å². The third-order valence-corrected chi connectivity index (χ3v) is 3.16. The average Bonchev–Trinajstić information content (AvgIpc) is 2.35. The van der Waals surface area contributed by atoms with Gasteiger partial charge >= 0.3 is 0 Å². The minimum absolute atomic E-state index is 0.0847. The molecule has 5 N–H and O–H groups in total. The number of hydrogen-bond donors (Lipinski definition) is 3. The quantitative estimate of drug-likeness (QED) is 0.525. The molecule has 0 radical (unpaired) electrons. The molecule has 0 spiro atoms. The summed E-state index contributed by atoms with van der Waals surface area (Å²) in [7, 11) is 0. The topological polar surface area (TPSA) is 106 Å². The molecule has 2 aromatic rings. The average molecular weight is 254 g/mol. The van der Waals surface area contributed by atoms with Gasteiger partial charge in [0, 0.05) is 34.1 Å². The summed E-state index contributed by atoms with van der Waals surface area (Å²) in [6.07, 6.45) is 0. The van der Waals surface area contributed by atoms with Gasteiger partial charge < -0.3 is 16.6 Å². The van der Waals surface area contributed by atoms with Crippen molar-refractivity contribution >= 4 is 22.9 Å². The van der Waals surface area contributed by atoms with E-state index in [1.807, 2.05) is 0 Å². The SMILES string of the molecule is Nc1ccc2c(c1)C(=O)c1c(N)cc(O)cc1C2=O. The lowest BCUT2D eigenvalue weighted by atomic mass is 9.83. The molecule has 5 heteroatoms. The number of nitrogen functional groups attached to an aromatic ring is 2. The Hall–Kier alpha value is -2.82. The first-order valence-electron chi connectivity index (χ1n) is 5.60. The minimum atomic E-state index is -0.352. The van der Waals surface area contributed by atoms with Crippen molar-refractivity contribution < 1.29 is 14.7 Å². The lowest BCUT2D eigenvalue weighted by molar-refractivity contribution is 0.0979. The highest BCUT2D eigenvalue weighted by molar-refractivity contribution is 6.30. The molecule has 19 heavy (non-hydrogen) atoms. The molecule has 0 unspecified atom stereocenters. The highest BCUT2D eigenvalue weighted by atomic mass is 16.3. The molecule has 0 saturated heterocycles. The molecule has 0 amide bonds. The van der Waals surface area contributed by atoms with Crippen molar-refractivity contribution in [1.82, 2.24) is 0 Å². The van der Waals surface area contributed by atoms with Crippen LogP contribution in [0.2, 0.25) is 0 Å². The highest BCUT2D eigenvalue weighted by Crippen LogP contribution is 2.34. The van der Waals surface area contributed by atoms with Crippen LogP contribution >= 0.6 is 0 Å².